The van der Waals surface area contributed by atoms with Crippen molar-refractivity contribution >= 4 is 23.6 Å². The number of nitrogens with zero attached hydrogens (tertiary/aromatic N) is 2. The van der Waals surface area contributed by atoms with Crippen molar-refractivity contribution in [2.24, 2.45) is 4.99 Å². The van der Waals surface area contributed by atoms with Gasteiger partial charge in [0.2, 0.25) is 5.90 Å². The number of ether oxygens (including phenoxy) is 2. The highest BCUT2D eigenvalue weighted by atomic mass is 19.1. The van der Waals surface area contributed by atoms with Crippen LogP contribution < -0.4 is 4.74 Å². The van der Waals surface area contributed by atoms with Crippen molar-refractivity contribution in [3.05, 3.63) is 111 Å². The van der Waals surface area contributed by atoms with E-state index in [-0.39, 0.29) is 35.2 Å². The van der Waals surface area contributed by atoms with Gasteiger partial charge in [0.1, 0.15) is 18.2 Å². The number of aryl methyl sites for hydroxylation is 1. The summed E-state index contributed by atoms with van der Waals surface area (Å²) in [6.07, 6.45) is 1.36. The zero-order valence-corrected chi connectivity index (χ0v) is 16.9. The van der Waals surface area contributed by atoms with Crippen molar-refractivity contribution in [1.29, 1.82) is 0 Å². The number of benzene rings is 3. The average molecular weight is 432 g/mol. The third-order valence-electron chi connectivity index (χ3n) is 4.83. The van der Waals surface area contributed by atoms with Crippen LogP contribution in [0.4, 0.5) is 10.1 Å². The number of carbonyl (C=O) groups is 1. The van der Waals surface area contributed by atoms with E-state index in [2.05, 4.69) is 4.99 Å². The smallest absolute Gasteiger partial charge is 0.363 e. The third kappa shape index (κ3) is 4.39. The summed E-state index contributed by atoms with van der Waals surface area (Å²) in [5.74, 6) is -0.728. The van der Waals surface area contributed by atoms with Gasteiger partial charge in [0.05, 0.1) is 4.92 Å². The van der Waals surface area contributed by atoms with Crippen LogP contribution in [0, 0.1) is 22.9 Å². The molecule has 160 valence electrons. The Morgan fingerprint density at radius 1 is 1.12 bits per heavy atom. The third-order valence-corrected chi connectivity index (χ3v) is 4.83. The Bertz CT molecular complexity index is 1280. The van der Waals surface area contributed by atoms with Crippen LogP contribution in [0.25, 0.3) is 6.08 Å². The van der Waals surface area contributed by atoms with Crippen molar-refractivity contribution in [2.45, 2.75) is 13.5 Å². The first-order valence-corrected chi connectivity index (χ1v) is 9.65. The van der Waals surface area contributed by atoms with Gasteiger partial charge in [-0.05, 0) is 36.8 Å². The molecule has 0 atom stereocenters. The molecule has 3 aromatic rings. The molecule has 7 nitrogen and oxygen atoms in total. The fourth-order valence-corrected chi connectivity index (χ4v) is 3.15. The standard InChI is InChI=1S/C24H17FN2O5/c1-15-6-2-4-8-19(15)23-26-21(24(28)32-23)13-17-12-18(27(29)30)10-11-22(17)31-14-16-7-3-5-9-20(16)25/h2-13H,14H2,1H3/b21-13-. The fourth-order valence-electron chi connectivity index (χ4n) is 3.15. The molecular weight excluding hydrogens is 415 g/mol. The molecule has 4 rings (SSSR count). The fraction of sp³-hybridized carbons (Fsp3) is 0.0833. The molecule has 8 heteroatoms. The largest absolute Gasteiger partial charge is 0.488 e. The van der Waals surface area contributed by atoms with Crippen molar-refractivity contribution in [2.75, 3.05) is 0 Å². The maximum atomic E-state index is 13.9. The molecule has 0 aliphatic carbocycles. The van der Waals surface area contributed by atoms with Crippen molar-refractivity contribution in [3.8, 4) is 5.75 Å². The van der Waals surface area contributed by atoms with E-state index < -0.39 is 16.7 Å². The number of nitro groups is 1. The topological polar surface area (TPSA) is 91.0 Å². The van der Waals surface area contributed by atoms with E-state index in [1.807, 2.05) is 19.1 Å². The SMILES string of the molecule is Cc1ccccc1C1=N/C(=C\c2cc([N+](=O)[O-])ccc2OCc2ccccc2F)C(=O)O1. The number of cyclic esters (lactones) is 1. The van der Waals surface area contributed by atoms with Gasteiger partial charge in [0, 0.05) is 28.8 Å². The summed E-state index contributed by atoms with van der Waals surface area (Å²) in [5, 5.41) is 11.2. The number of aliphatic imine (C=N–C) groups is 1. The highest BCUT2D eigenvalue weighted by Crippen LogP contribution is 2.29. The number of hydrogen-bond donors (Lipinski definition) is 0. The molecule has 1 aliphatic rings. The van der Waals surface area contributed by atoms with Crippen LogP contribution in [0.3, 0.4) is 0 Å². The van der Waals surface area contributed by atoms with Crippen LogP contribution in [0.2, 0.25) is 0 Å². The van der Waals surface area contributed by atoms with Crippen LogP contribution in [-0.4, -0.2) is 16.8 Å². The highest BCUT2D eigenvalue weighted by molar-refractivity contribution is 6.13. The van der Waals surface area contributed by atoms with E-state index in [4.69, 9.17) is 9.47 Å². The van der Waals surface area contributed by atoms with E-state index in [1.54, 1.807) is 30.3 Å². The molecule has 0 aromatic heterocycles. The second-order valence-electron chi connectivity index (χ2n) is 7.01. The zero-order chi connectivity index (χ0) is 22.7. The second-order valence-corrected chi connectivity index (χ2v) is 7.01. The number of hydrogen-bond acceptors (Lipinski definition) is 6. The van der Waals surface area contributed by atoms with Crippen LogP contribution in [-0.2, 0) is 16.1 Å². The molecule has 0 saturated carbocycles. The van der Waals surface area contributed by atoms with Gasteiger partial charge >= 0.3 is 5.97 Å². The molecule has 0 spiro atoms. The Hall–Kier alpha value is -4.33. The number of rotatable bonds is 6. The number of nitro benzene ring substituents is 1. The monoisotopic (exact) mass is 432 g/mol. The Balaban J connectivity index is 1.69. The predicted molar refractivity (Wildman–Crippen MR) is 116 cm³/mol. The van der Waals surface area contributed by atoms with Crippen molar-refractivity contribution in [3.63, 3.8) is 0 Å². The van der Waals surface area contributed by atoms with Crippen LogP contribution >= 0.6 is 0 Å². The Morgan fingerprint density at radius 3 is 2.62 bits per heavy atom. The maximum Gasteiger partial charge on any atom is 0.363 e. The molecule has 0 saturated heterocycles. The van der Waals surface area contributed by atoms with E-state index in [0.29, 0.717) is 11.1 Å². The van der Waals surface area contributed by atoms with Crippen molar-refractivity contribution < 1.29 is 23.6 Å². The summed E-state index contributed by atoms with van der Waals surface area (Å²) in [4.78, 5) is 27.3. The average Bonchev–Trinajstić information content (AvgIpc) is 3.14. The minimum Gasteiger partial charge on any atom is -0.488 e. The minimum absolute atomic E-state index is 0.0282. The highest BCUT2D eigenvalue weighted by Gasteiger charge is 2.26. The van der Waals surface area contributed by atoms with Gasteiger partial charge < -0.3 is 9.47 Å². The van der Waals surface area contributed by atoms with Gasteiger partial charge in [-0.3, -0.25) is 10.1 Å². The van der Waals surface area contributed by atoms with Crippen molar-refractivity contribution in [1.82, 2.24) is 0 Å². The summed E-state index contributed by atoms with van der Waals surface area (Å²) in [6, 6.07) is 17.4. The lowest BCUT2D eigenvalue weighted by molar-refractivity contribution is -0.384. The molecule has 3 aromatic carbocycles. The van der Waals surface area contributed by atoms with E-state index >= 15 is 0 Å². The Kier molecular flexibility index (Phi) is 5.76. The van der Waals surface area contributed by atoms with Crippen LogP contribution in [0.1, 0.15) is 22.3 Å². The minimum atomic E-state index is -0.685. The molecule has 0 fully saturated rings. The molecule has 0 unspecified atom stereocenters. The molecular formula is C24H17FN2O5. The van der Waals surface area contributed by atoms with Gasteiger partial charge in [-0.15, -0.1) is 0 Å². The lowest BCUT2D eigenvalue weighted by Gasteiger charge is -2.10. The molecule has 1 aliphatic heterocycles. The van der Waals surface area contributed by atoms with E-state index in [1.165, 1.54) is 30.3 Å². The first kappa shape index (κ1) is 20.9. The number of carbonyl (C=O) groups excluding carboxylic acids is 1. The number of halogens is 1. The summed E-state index contributed by atoms with van der Waals surface area (Å²) < 4.78 is 24.9. The van der Waals surface area contributed by atoms with Gasteiger partial charge in [-0.25, -0.2) is 14.2 Å². The molecule has 0 radical (unpaired) electrons. The molecule has 32 heavy (non-hydrogen) atoms. The molecule has 0 N–H and O–H groups in total. The van der Waals surface area contributed by atoms with E-state index in [0.717, 1.165) is 5.56 Å². The number of esters is 1. The van der Waals surface area contributed by atoms with Gasteiger partial charge in [0.25, 0.3) is 5.69 Å². The molecule has 0 amide bonds. The second kappa shape index (κ2) is 8.81. The van der Waals surface area contributed by atoms with Gasteiger partial charge in [-0.1, -0.05) is 36.4 Å². The normalized spacial score (nSPS) is 14.2. The summed E-state index contributed by atoms with van der Waals surface area (Å²) in [7, 11) is 0. The lowest BCUT2D eigenvalue weighted by atomic mass is 10.1. The molecule has 1 heterocycles. The summed E-state index contributed by atoms with van der Waals surface area (Å²) in [5.41, 5.74) is 1.90. The van der Waals surface area contributed by atoms with E-state index in [9.17, 15) is 19.3 Å². The lowest BCUT2D eigenvalue weighted by Crippen LogP contribution is -2.06. The summed E-state index contributed by atoms with van der Waals surface area (Å²) in [6.45, 7) is 1.77. The molecule has 0 bridgehead atoms. The predicted octanol–water partition coefficient (Wildman–Crippen LogP) is 4.97. The first-order valence-electron chi connectivity index (χ1n) is 9.65. The van der Waals surface area contributed by atoms with Crippen LogP contribution in [0.5, 0.6) is 5.75 Å². The summed E-state index contributed by atoms with van der Waals surface area (Å²) >= 11 is 0. The van der Waals surface area contributed by atoms with Gasteiger partial charge in [0.15, 0.2) is 5.70 Å². The first-order chi connectivity index (χ1) is 15.4. The van der Waals surface area contributed by atoms with Gasteiger partial charge in [-0.2, -0.15) is 0 Å². The Morgan fingerprint density at radius 2 is 1.88 bits per heavy atom. The quantitative estimate of drug-likeness (QED) is 0.237. The van der Waals surface area contributed by atoms with Crippen LogP contribution in [0.15, 0.2) is 77.4 Å². The maximum absolute atomic E-state index is 13.9. The number of non-ortho nitro benzene ring substituents is 1. The zero-order valence-electron chi connectivity index (χ0n) is 16.9. The Labute approximate surface area is 182 Å².